The summed E-state index contributed by atoms with van der Waals surface area (Å²) < 4.78 is 2.19. The molecule has 0 aliphatic carbocycles. The minimum atomic E-state index is -0.0278. The van der Waals surface area contributed by atoms with Crippen molar-refractivity contribution in [2.45, 2.75) is 200 Å². The van der Waals surface area contributed by atoms with E-state index in [4.69, 9.17) is 16.7 Å². The molecule has 0 bridgehead atoms. The third-order valence-electron chi connectivity index (χ3n) is 3.82. The van der Waals surface area contributed by atoms with Crippen molar-refractivity contribution in [3.63, 3.8) is 0 Å². The van der Waals surface area contributed by atoms with E-state index in [0.717, 1.165) is 0 Å². The zero-order chi connectivity index (χ0) is 36.0. The molecule has 2 heterocycles. The highest BCUT2D eigenvalue weighted by molar-refractivity contribution is 4.94. The molecule has 2 rings (SSSR count). The number of aromatic nitrogens is 1. The fourth-order valence-electron chi connectivity index (χ4n) is 2.17. The number of quaternary nitrogens is 1. The molecule has 1 saturated heterocycles. The number of hydrogen-bond donors (Lipinski definition) is 6. The maximum absolute atomic E-state index is 8.28. The summed E-state index contributed by atoms with van der Waals surface area (Å²) in [4.78, 5) is 2.55. The van der Waals surface area contributed by atoms with Gasteiger partial charge in [-0.2, -0.15) is 5.48 Å². The first kappa shape index (κ1) is 65.6. The Kier molecular flexibility index (Phi) is 54.4. The summed E-state index contributed by atoms with van der Waals surface area (Å²) in [6.07, 6.45) is 6.97. The van der Waals surface area contributed by atoms with Crippen LogP contribution in [0.15, 0.2) is 24.5 Å². The molecule has 0 saturated carbocycles. The van der Waals surface area contributed by atoms with Gasteiger partial charge in [-0.3, -0.25) is 4.90 Å². The minimum Gasteiger partial charge on any atom is -0.349 e. The lowest BCUT2D eigenvalue weighted by atomic mass is 10.1. The third kappa shape index (κ3) is 83.7. The number of hydrogen-bond acceptors (Lipinski definition) is 6. The Bertz CT molecular complexity index is 554. The van der Waals surface area contributed by atoms with Gasteiger partial charge in [-0.1, -0.05) is 55.4 Å². The molecule has 1 aliphatic rings. The predicted molar refractivity (Wildman–Crippen MR) is 207 cm³/mol. The van der Waals surface area contributed by atoms with Crippen LogP contribution in [0.4, 0.5) is 0 Å². The topological polar surface area (TPSA) is 167 Å². The Labute approximate surface area is 281 Å². The van der Waals surface area contributed by atoms with Gasteiger partial charge in [-0.25, -0.2) is 5.21 Å². The van der Waals surface area contributed by atoms with Gasteiger partial charge < -0.3 is 28.3 Å². The molecule has 1 fully saturated rings. The quantitative estimate of drug-likeness (QED) is 0.154. The van der Waals surface area contributed by atoms with Gasteiger partial charge in [0.2, 0.25) is 0 Å². The molecular weight excluding hydrogens is 546 g/mol. The molecule has 0 atom stereocenters. The van der Waals surface area contributed by atoms with Gasteiger partial charge in [-0.05, 0) is 142 Å². The van der Waals surface area contributed by atoms with E-state index in [2.05, 4.69) is 63.4 Å². The van der Waals surface area contributed by atoms with E-state index >= 15 is 0 Å². The molecule has 0 spiro atoms. The van der Waals surface area contributed by atoms with E-state index in [1.165, 1.54) is 31.4 Å². The van der Waals surface area contributed by atoms with Gasteiger partial charge >= 0.3 is 0 Å². The second-order valence-corrected chi connectivity index (χ2v) is 14.4. The highest BCUT2D eigenvalue weighted by Gasteiger charge is 2.23. The Balaban J connectivity index is -0.0000000473. The lowest BCUT2D eigenvalue weighted by Crippen LogP contribution is -2.91. The molecule has 1 aromatic rings. The molecule has 1 aliphatic heterocycles. The molecule has 0 unspecified atom stereocenters. The van der Waals surface area contributed by atoms with Crippen LogP contribution in [0, 0.1) is 0 Å². The van der Waals surface area contributed by atoms with Crippen molar-refractivity contribution in [2.75, 3.05) is 13.1 Å². The van der Waals surface area contributed by atoms with Crippen LogP contribution in [0.3, 0.4) is 0 Å². The number of nitrogens with zero attached hydrogens (tertiary/aromatic N) is 2. The summed E-state index contributed by atoms with van der Waals surface area (Å²) >= 11 is 0. The highest BCUT2D eigenvalue weighted by Crippen LogP contribution is 2.19. The second kappa shape index (κ2) is 36.5. The van der Waals surface area contributed by atoms with Crippen molar-refractivity contribution >= 4 is 0 Å². The maximum atomic E-state index is 8.28. The average Bonchev–Trinajstić information content (AvgIpc) is 3.57. The molecule has 8 nitrogen and oxygen atoms in total. The molecule has 0 amide bonds. The first-order valence-corrected chi connectivity index (χ1v) is 16.7. The first-order valence-electron chi connectivity index (χ1n) is 16.7. The summed E-state index contributed by atoms with van der Waals surface area (Å²) in [5.74, 6) is 0. The van der Waals surface area contributed by atoms with Crippen LogP contribution < -0.4 is 29.2 Å². The number of likely N-dealkylation sites (tertiary alicyclic amines) is 1. The molecular formula is C36H94N7O+. The molecule has 0 radical (unpaired) electrons. The van der Waals surface area contributed by atoms with Crippen LogP contribution in [0.1, 0.15) is 172 Å². The van der Waals surface area contributed by atoms with E-state index < -0.39 is 0 Å². The maximum Gasteiger partial charge on any atom is 0.117 e. The molecule has 13 N–H and O–H groups in total. The van der Waals surface area contributed by atoms with Gasteiger partial charge in [0.1, 0.15) is 5.54 Å². The van der Waals surface area contributed by atoms with Crippen molar-refractivity contribution in [2.24, 2.45) is 11.5 Å². The largest absolute Gasteiger partial charge is 0.349 e. The highest BCUT2D eigenvalue weighted by atomic mass is 16.5. The summed E-state index contributed by atoms with van der Waals surface area (Å²) in [6.45, 7) is 49.7. The Morgan fingerprint density at radius 1 is 0.523 bits per heavy atom. The predicted octanol–water partition coefficient (Wildman–Crippen LogP) is 9.78. The van der Waals surface area contributed by atoms with Crippen molar-refractivity contribution in [3.05, 3.63) is 24.5 Å². The van der Waals surface area contributed by atoms with Crippen LogP contribution in [0.25, 0.3) is 0 Å². The zero-order valence-electron chi connectivity index (χ0n) is 35.1. The third-order valence-corrected chi connectivity index (χ3v) is 3.82. The smallest absolute Gasteiger partial charge is 0.117 e. The van der Waals surface area contributed by atoms with E-state index in [1.807, 2.05) is 130 Å². The van der Waals surface area contributed by atoms with Gasteiger partial charge in [0.25, 0.3) is 0 Å². The van der Waals surface area contributed by atoms with E-state index in [0.29, 0.717) is 5.54 Å². The van der Waals surface area contributed by atoms with Gasteiger partial charge in [0.05, 0.1) is 0 Å². The standard InChI is InChI=1S/C8H17N.C8H13N.C4H11NO.2C4H11N.4C2H6.2H3N/c2*1-8(2,3)9-6-4-5-7-9;1-4(2,3)5-6;2*1-4(2,3)5;4*1-2;;/h4-7H2,1-3H3;4-7H,1-3H3;5-6H,1-3H3;2*5H2,1-3H3;4*1-2H3;2*1H3/p+1. The second-order valence-electron chi connectivity index (χ2n) is 14.4. The van der Waals surface area contributed by atoms with Gasteiger partial charge in [-0.15, -0.1) is 0 Å². The van der Waals surface area contributed by atoms with Crippen molar-refractivity contribution in [3.8, 4) is 0 Å². The van der Waals surface area contributed by atoms with Gasteiger partial charge in [0.15, 0.2) is 0 Å². The number of rotatable bonds is 0. The fourth-order valence-corrected chi connectivity index (χ4v) is 2.17. The number of nitrogens with two attached hydrogens (primary N) is 3. The van der Waals surface area contributed by atoms with Crippen LogP contribution in [-0.2, 0) is 5.54 Å². The molecule has 8 heteroatoms. The Morgan fingerprint density at radius 2 is 0.727 bits per heavy atom. The lowest BCUT2D eigenvalue weighted by Gasteiger charge is -2.31. The summed E-state index contributed by atoms with van der Waals surface area (Å²) in [7, 11) is 0. The molecule has 1 aromatic heterocycles. The average molecular weight is 641 g/mol. The van der Waals surface area contributed by atoms with E-state index in [9.17, 15) is 0 Å². The van der Waals surface area contributed by atoms with Crippen LogP contribution in [-0.4, -0.2) is 49.9 Å². The zero-order valence-corrected chi connectivity index (χ0v) is 35.1. The summed E-state index contributed by atoms with van der Waals surface area (Å²) in [5, 5.41) is 8.28. The molecule has 0 aromatic carbocycles. The summed E-state index contributed by atoms with van der Waals surface area (Å²) in [5.41, 5.74) is 12.5. The fraction of sp³-hybridized carbons (Fsp3) is 0.889. The van der Waals surface area contributed by atoms with Crippen molar-refractivity contribution < 1.29 is 10.7 Å². The van der Waals surface area contributed by atoms with Crippen molar-refractivity contribution in [1.29, 1.82) is 0 Å². The normalized spacial score (nSPS) is 12.0. The monoisotopic (exact) mass is 641 g/mol. The van der Waals surface area contributed by atoms with E-state index in [1.54, 1.807) is 0 Å². The van der Waals surface area contributed by atoms with Crippen molar-refractivity contribution in [1.82, 2.24) is 21.8 Å². The molecule has 278 valence electrons. The Hall–Kier alpha value is -1.00. The summed E-state index contributed by atoms with van der Waals surface area (Å²) in [6, 6.07) is 4.09. The SMILES string of the molecule is CC.CC.CC.CC.CC(C)(C)N.CC(C)(C)N.CC(C)(C)N1CCCC1.CC(C)(C)[NH2+]O.CC(C)(C)n1cccc1.N.N. The van der Waals surface area contributed by atoms with E-state index in [-0.39, 0.29) is 34.5 Å². The van der Waals surface area contributed by atoms with Crippen LogP contribution >= 0.6 is 0 Å². The lowest BCUT2D eigenvalue weighted by molar-refractivity contribution is -0.929. The van der Waals surface area contributed by atoms with Gasteiger partial charge in [0, 0.05) is 34.5 Å². The number of hydroxylamine groups is 1. The Morgan fingerprint density at radius 3 is 0.818 bits per heavy atom. The minimum absolute atomic E-state index is 0. The van der Waals surface area contributed by atoms with Crippen LogP contribution in [0.5, 0.6) is 0 Å². The first-order chi connectivity index (χ1) is 18.8. The van der Waals surface area contributed by atoms with Crippen LogP contribution in [0.2, 0.25) is 0 Å². The molecule has 44 heavy (non-hydrogen) atoms.